The first-order valence-corrected chi connectivity index (χ1v) is 9.07. The summed E-state index contributed by atoms with van der Waals surface area (Å²) in [6.45, 7) is 2.62. The lowest BCUT2D eigenvalue weighted by atomic mass is 10.2. The Hall–Kier alpha value is -2.35. The molecule has 0 aliphatic heterocycles. The average molecular weight is 384 g/mol. The predicted molar refractivity (Wildman–Crippen MR) is 95.5 cm³/mol. The highest BCUT2D eigenvalue weighted by molar-refractivity contribution is 5.91. The lowest BCUT2D eigenvalue weighted by molar-refractivity contribution is -0.862. The smallest absolute Gasteiger partial charge is 0.281 e. The van der Waals surface area contributed by atoms with Crippen LogP contribution >= 0.6 is 0 Å². The molecule has 0 radical (unpaired) electrons. The highest BCUT2D eigenvalue weighted by Gasteiger charge is 2.24. The number of hydrogen-bond donors (Lipinski definition) is 2. The van der Waals surface area contributed by atoms with Gasteiger partial charge in [-0.1, -0.05) is 13.0 Å². The summed E-state index contributed by atoms with van der Waals surface area (Å²) in [6, 6.07) is 1.70. The van der Waals surface area contributed by atoms with Crippen molar-refractivity contribution in [2.75, 3.05) is 32.0 Å². The van der Waals surface area contributed by atoms with Gasteiger partial charge in [0.25, 0.3) is 11.8 Å². The molecule has 0 saturated heterocycles. The second-order valence-corrected chi connectivity index (χ2v) is 6.71. The molecule has 1 aromatic carbocycles. The van der Waals surface area contributed by atoms with E-state index >= 15 is 0 Å². The van der Waals surface area contributed by atoms with Crippen LogP contribution in [0.5, 0.6) is 0 Å². The Kier molecular flexibility index (Phi) is 7.41. The molecule has 5 nitrogen and oxygen atoms in total. The number of carbonyl (C=O) groups excluding carboxylic acids is 2. The Morgan fingerprint density at radius 3 is 2.56 bits per heavy atom. The molecule has 27 heavy (non-hydrogen) atoms. The molecule has 2 N–H and O–H groups in total. The molecule has 0 saturated carbocycles. The zero-order valence-corrected chi connectivity index (χ0v) is 15.6. The molecule has 148 valence electrons. The van der Waals surface area contributed by atoms with E-state index in [4.69, 9.17) is 0 Å². The van der Waals surface area contributed by atoms with Crippen molar-refractivity contribution in [3.05, 3.63) is 41.4 Å². The number of quaternary nitrogens is 1. The van der Waals surface area contributed by atoms with Crippen LogP contribution in [0.3, 0.4) is 0 Å². The van der Waals surface area contributed by atoms with E-state index in [1.165, 1.54) is 0 Å². The van der Waals surface area contributed by atoms with Crippen LogP contribution in [0.1, 0.15) is 32.6 Å². The van der Waals surface area contributed by atoms with Crippen molar-refractivity contribution in [1.29, 1.82) is 0 Å². The second-order valence-electron chi connectivity index (χ2n) is 6.71. The molecular formula is C19H25F3N3O2+. The summed E-state index contributed by atoms with van der Waals surface area (Å²) in [7, 11) is 1.67. The molecule has 8 heteroatoms. The van der Waals surface area contributed by atoms with Gasteiger partial charge in [0.1, 0.15) is 0 Å². The van der Waals surface area contributed by atoms with Crippen LogP contribution in [0, 0.1) is 17.5 Å². The molecule has 1 aliphatic rings. The van der Waals surface area contributed by atoms with Gasteiger partial charge in [0, 0.05) is 12.2 Å². The van der Waals surface area contributed by atoms with E-state index in [1.54, 1.807) is 11.9 Å². The Morgan fingerprint density at radius 1 is 1.19 bits per heavy atom. The van der Waals surface area contributed by atoms with Crippen molar-refractivity contribution in [3.8, 4) is 0 Å². The first kappa shape index (κ1) is 21.0. The maximum Gasteiger partial charge on any atom is 0.281 e. The minimum absolute atomic E-state index is 0.0747. The third kappa shape index (κ3) is 5.56. The number of nitrogens with one attached hydrogen (secondary N) is 2. The molecule has 0 aromatic heterocycles. The lowest BCUT2D eigenvalue weighted by Crippen LogP contribution is -3.11. The van der Waals surface area contributed by atoms with Gasteiger partial charge in [-0.05, 0) is 37.8 Å². The number of carbonyl (C=O) groups is 2. The highest BCUT2D eigenvalue weighted by Crippen LogP contribution is 2.21. The lowest BCUT2D eigenvalue weighted by Gasteiger charge is -2.24. The second kappa shape index (κ2) is 9.55. The summed E-state index contributed by atoms with van der Waals surface area (Å²) >= 11 is 0. The fourth-order valence-corrected chi connectivity index (χ4v) is 3.06. The van der Waals surface area contributed by atoms with Crippen LogP contribution in [-0.4, -0.2) is 43.4 Å². The van der Waals surface area contributed by atoms with Crippen LogP contribution in [0.15, 0.2) is 23.9 Å². The van der Waals surface area contributed by atoms with Gasteiger partial charge in [-0.3, -0.25) is 9.59 Å². The maximum atomic E-state index is 13.6. The SMILES string of the molecule is CCCN(C(=O)C[NH+](C)CC(=O)Nc1ccc(F)c(F)c1F)C1=CCCC1. The normalized spacial score (nSPS) is 14.6. The number of hydrogen-bond acceptors (Lipinski definition) is 2. The summed E-state index contributed by atoms with van der Waals surface area (Å²) in [5.74, 6) is -5.07. The Morgan fingerprint density at radius 2 is 1.93 bits per heavy atom. The van der Waals surface area contributed by atoms with Crippen molar-refractivity contribution in [2.24, 2.45) is 0 Å². The molecular weight excluding hydrogens is 359 g/mol. The van der Waals surface area contributed by atoms with Crippen LogP contribution in [0.2, 0.25) is 0 Å². The number of allylic oxidation sites excluding steroid dienone is 2. The van der Waals surface area contributed by atoms with Gasteiger partial charge in [-0.15, -0.1) is 0 Å². The molecule has 0 bridgehead atoms. The van der Waals surface area contributed by atoms with Crippen molar-refractivity contribution >= 4 is 17.5 Å². The van der Waals surface area contributed by atoms with Crippen LogP contribution < -0.4 is 10.2 Å². The van der Waals surface area contributed by atoms with E-state index < -0.39 is 29.0 Å². The van der Waals surface area contributed by atoms with Gasteiger partial charge in [-0.2, -0.15) is 0 Å². The Labute approximate surface area is 156 Å². The molecule has 2 rings (SSSR count). The summed E-state index contributed by atoms with van der Waals surface area (Å²) in [5, 5.41) is 2.21. The Bertz CT molecular complexity index is 737. The van der Waals surface area contributed by atoms with E-state index in [0.29, 0.717) is 11.4 Å². The first-order valence-electron chi connectivity index (χ1n) is 9.07. The summed E-state index contributed by atoms with van der Waals surface area (Å²) in [6.07, 6.45) is 5.78. The minimum atomic E-state index is -1.64. The van der Waals surface area contributed by atoms with Crippen molar-refractivity contribution in [3.63, 3.8) is 0 Å². The molecule has 0 fully saturated rings. The number of rotatable bonds is 8. The molecule has 1 aliphatic carbocycles. The Balaban J connectivity index is 1.92. The third-order valence-electron chi connectivity index (χ3n) is 4.34. The largest absolute Gasteiger partial charge is 0.322 e. The van der Waals surface area contributed by atoms with Crippen LogP contribution in [0.4, 0.5) is 18.9 Å². The van der Waals surface area contributed by atoms with Gasteiger partial charge < -0.3 is 15.1 Å². The quantitative estimate of drug-likeness (QED) is 0.673. The third-order valence-corrected chi connectivity index (χ3v) is 4.34. The van der Waals surface area contributed by atoms with Crippen LogP contribution in [0.25, 0.3) is 0 Å². The predicted octanol–water partition coefficient (Wildman–Crippen LogP) is 1.86. The molecule has 2 amide bonds. The molecule has 0 heterocycles. The molecule has 1 atom stereocenters. The minimum Gasteiger partial charge on any atom is -0.322 e. The van der Waals surface area contributed by atoms with Gasteiger partial charge in [0.05, 0.1) is 12.7 Å². The van der Waals surface area contributed by atoms with Crippen LogP contribution in [-0.2, 0) is 9.59 Å². The summed E-state index contributed by atoms with van der Waals surface area (Å²) < 4.78 is 39.8. The summed E-state index contributed by atoms with van der Waals surface area (Å²) in [5.41, 5.74) is 0.602. The molecule has 1 aromatic rings. The number of benzene rings is 1. The van der Waals surface area contributed by atoms with Gasteiger partial charge >= 0.3 is 0 Å². The summed E-state index contributed by atoms with van der Waals surface area (Å²) in [4.78, 5) is 27.0. The van der Waals surface area contributed by atoms with Crippen molar-refractivity contribution in [2.45, 2.75) is 32.6 Å². The maximum absolute atomic E-state index is 13.6. The zero-order valence-electron chi connectivity index (χ0n) is 15.6. The first-order chi connectivity index (χ1) is 12.8. The van der Waals surface area contributed by atoms with Gasteiger partial charge in [0.2, 0.25) is 0 Å². The molecule has 0 spiro atoms. The number of amides is 2. The highest BCUT2D eigenvalue weighted by atomic mass is 19.2. The number of likely N-dealkylation sites (N-methyl/N-ethyl adjacent to an activating group) is 1. The van der Waals surface area contributed by atoms with Crippen molar-refractivity contribution in [1.82, 2.24) is 4.90 Å². The number of anilines is 1. The standard InChI is InChI=1S/C19H24F3N3O2/c1-3-10-25(13-6-4-5-7-13)17(27)12-24(2)11-16(26)23-15-9-8-14(20)18(21)19(15)22/h6,8-9H,3-5,7,10-12H2,1-2H3,(H,23,26)/p+1. The fourth-order valence-electron chi connectivity index (χ4n) is 3.06. The van der Waals surface area contributed by atoms with E-state index in [1.807, 2.05) is 6.92 Å². The van der Waals surface area contributed by atoms with Crippen molar-refractivity contribution < 1.29 is 27.7 Å². The fraction of sp³-hybridized carbons (Fsp3) is 0.474. The van der Waals surface area contributed by atoms with E-state index in [2.05, 4.69) is 11.4 Å². The van der Waals surface area contributed by atoms with Gasteiger partial charge in [0.15, 0.2) is 30.5 Å². The zero-order chi connectivity index (χ0) is 20.0. The topological polar surface area (TPSA) is 53.9 Å². The van der Waals surface area contributed by atoms with E-state index in [9.17, 15) is 22.8 Å². The van der Waals surface area contributed by atoms with Gasteiger partial charge in [-0.25, -0.2) is 13.2 Å². The monoisotopic (exact) mass is 384 g/mol. The van der Waals surface area contributed by atoms with E-state index in [-0.39, 0.29) is 19.0 Å². The number of halogens is 3. The number of nitrogens with zero attached hydrogens (tertiary/aromatic N) is 1. The van der Waals surface area contributed by atoms with E-state index in [0.717, 1.165) is 43.5 Å². The average Bonchev–Trinajstić information content (AvgIpc) is 3.14. The molecule has 1 unspecified atom stereocenters.